The van der Waals surface area contributed by atoms with E-state index >= 15 is 0 Å². The maximum absolute atomic E-state index is 12.9. The van der Waals surface area contributed by atoms with Crippen molar-refractivity contribution in [3.8, 4) is 11.3 Å². The quantitative estimate of drug-likeness (QED) is 0.913. The lowest BCUT2D eigenvalue weighted by molar-refractivity contribution is -0.0954. The van der Waals surface area contributed by atoms with E-state index < -0.39 is 0 Å². The van der Waals surface area contributed by atoms with Crippen LogP contribution in [-0.4, -0.2) is 54.4 Å². The van der Waals surface area contributed by atoms with Crippen LogP contribution in [-0.2, 0) is 4.74 Å². The fraction of sp³-hybridized carbons (Fsp3) is 0.444. The van der Waals surface area contributed by atoms with E-state index in [1.54, 1.807) is 0 Å². The zero-order chi connectivity index (χ0) is 16.4. The van der Waals surface area contributed by atoms with Crippen LogP contribution in [0.3, 0.4) is 0 Å². The fourth-order valence-electron chi connectivity index (χ4n) is 3.51. The molecule has 2 aromatic rings. The average molecular weight is 327 g/mol. The van der Waals surface area contributed by atoms with Gasteiger partial charge in [-0.15, -0.1) is 0 Å². The number of piperidine rings is 1. The Morgan fingerprint density at radius 3 is 2.71 bits per heavy atom. The molecule has 0 saturated carbocycles. The van der Waals surface area contributed by atoms with Crippen LogP contribution in [0.2, 0.25) is 0 Å². The largest absolute Gasteiger partial charge is 0.372 e. The Morgan fingerprint density at radius 2 is 2.00 bits per heavy atom. The molecule has 6 heteroatoms. The minimum atomic E-state index is -0.105. The van der Waals surface area contributed by atoms with Gasteiger partial charge in [-0.25, -0.2) is 0 Å². The summed E-state index contributed by atoms with van der Waals surface area (Å²) in [5.41, 5.74) is 1.92. The van der Waals surface area contributed by atoms with Crippen LogP contribution in [0.15, 0.2) is 41.1 Å². The van der Waals surface area contributed by atoms with Crippen molar-refractivity contribution in [1.29, 1.82) is 0 Å². The topological polar surface area (TPSA) is 67.6 Å². The molecule has 1 spiro atoms. The van der Waals surface area contributed by atoms with Crippen molar-refractivity contribution in [2.75, 3.05) is 32.8 Å². The van der Waals surface area contributed by atoms with E-state index in [1.165, 1.54) is 6.26 Å². The minimum Gasteiger partial charge on any atom is -0.372 e. The summed E-state index contributed by atoms with van der Waals surface area (Å²) in [4.78, 5) is 14.8. The number of hydrogen-bond acceptors (Lipinski definition) is 5. The Balaban J connectivity index is 1.49. The molecule has 1 amide bonds. The van der Waals surface area contributed by atoms with E-state index in [0.717, 1.165) is 38.1 Å². The summed E-state index contributed by atoms with van der Waals surface area (Å²) in [5, 5.41) is 7.42. The highest BCUT2D eigenvalue weighted by atomic mass is 16.5. The molecule has 1 aromatic carbocycles. The Bertz CT molecular complexity index is 697. The van der Waals surface area contributed by atoms with Crippen LogP contribution in [0.4, 0.5) is 0 Å². The third-order valence-electron chi connectivity index (χ3n) is 4.94. The number of ether oxygens (including phenoxy) is 1. The number of carbonyl (C=O) groups excluding carboxylic acids is 1. The number of hydrogen-bond donors (Lipinski definition) is 1. The lowest BCUT2D eigenvalue weighted by atomic mass is 9.89. The summed E-state index contributed by atoms with van der Waals surface area (Å²) < 4.78 is 11.1. The SMILES string of the molecule is O=C(c1conc1-c1ccccc1)N1CCC2(CC1)CNCCO2. The fourth-order valence-corrected chi connectivity index (χ4v) is 3.51. The van der Waals surface area contributed by atoms with Crippen LogP contribution < -0.4 is 5.32 Å². The van der Waals surface area contributed by atoms with E-state index in [0.29, 0.717) is 24.3 Å². The van der Waals surface area contributed by atoms with Gasteiger partial charge in [-0.05, 0) is 12.8 Å². The second kappa shape index (κ2) is 6.37. The van der Waals surface area contributed by atoms with Gasteiger partial charge in [0, 0.05) is 31.7 Å². The monoisotopic (exact) mass is 327 g/mol. The highest BCUT2D eigenvalue weighted by Crippen LogP contribution is 2.29. The van der Waals surface area contributed by atoms with Crippen molar-refractivity contribution in [2.24, 2.45) is 0 Å². The van der Waals surface area contributed by atoms with Gasteiger partial charge in [0.05, 0.1) is 12.2 Å². The molecule has 3 heterocycles. The first-order valence-electron chi connectivity index (χ1n) is 8.41. The van der Waals surface area contributed by atoms with Crippen molar-refractivity contribution < 1.29 is 14.1 Å². The van der Waals surface area contributed by atoms with Gasteiger partial charge in [0.2, 0.25) is 0 Å². The number of amides is 1. The number of nitrogens with zero attached hydrogens (tertiary/aromatic N) is 2. The van der Waals surface area contributed by atoms with Gasteiger partial charge in [0.25, 0.3) is 5.91 Å². The Hall–Kier alpha value is -2.18. The van der Waals surface area contributed by atoms with Gasteiger partial charge in [0.15, 0.2) is 0 Å². The summed E-state index contributed by atoms with van der Waals surface area (Å²) in [7, 11) is 0. The third-order valence-corrected chi connectivity index (χ3v) is 4.94. The number of morpholine rings is 1. The van der Waals surface area contributed by atoms with Crippen molar-refractivity contribution in [3.63, 3.8) is 0 Å². The van der Waals surface area contributed by atoms with Gasteiger partial charge >= 0.3 is 0 Å². The summed E-state index contributed by atoms with van der Waals surface area (Å²) in [6.07, 6.45) is 3.17. The summed E-state index contributed by atoms with van der Waals surface area (Å²) >= 11 is 0. The molecular formula is C18H21N3O3. The van der Waals surface area contributed by atoms with Crippen LogP contribution in [0, 0.1) is 0 Å². The van der Waals surface area contributed by atoms with Crippen molar-refractivity contribution >= 4 is 5.91 Å². The molecule has 6 nitrogen and oxygen atoms in total. The highest BCUT2D eigenvalue weighted by Gasteiger charge is 2.38. The standard InChI is InChI=1S/C18H21N3O3/c22-17(15-12-24-20-16(15)14-4-2-1-3-5-14)21-9-6-18(7-10-21)13-19-8-11-23-18/h1-5,12,19H,6-11,13H2. The molecule has 2 fully saturated rings. The lowest BCUT2D eigenvalue weighted by Gasteiger charge is -2.44. The molecule has 2 aliphatic rings. The Morgan fingerprint density at radius 1 is 1.21 bits per heavy atom. The molecule has 1 N–H and O–H groups in total. The lowest BCUT2D eigenvalue weighted by Crippen LogP contribution is -2.56. The highest BCUT2D eigenvalue weighted by molar-refractivity contribution is 5.99. The molecule has 0 unspecified atom stereocenters. The van der Waals surface area contributed by atoms with E-state index in [1.807, 2.05) is 35.2 Å². The van der Waals surface area contributed by atoms with Crippen LogP contribution in [0.25, 0.3) is 11.3 Å². The minimum absolute atomic E-state index is 0.0197. The zero-order valence-corrected chi connectivity index (χ0v) is 13.5. The van der Waals surface area contributed by atoms with E-state index in [2.05, 4.69) is 10.5 Å². The first-order valence-corrected chi connectivity index (χ1v) is 8.41. The predicted octanol–water partition coefficient (Wildman–Crippen LogP) is 1.94. The molecule has 0 aliphatic carbocycles. The van der Waals surface area contributed by atoms with Gasteiger partial charge in [-0.3, -0.25) is 4.79 Å². The molecule has 2 aliphatic heterocycles. The molecule has 4 rings (SSSR count). The van der Waals surface area contributed by atoms with Crippen LogP contribution in [0.5, 0.6) is 0 Å². The van der Waals surface area contributed by atoms with E-state index in [-0.39, 0.29) is 11.5 Å². The number of aromatic nitrogens is 1. The smallest absolute Gasteiger partial charge is 0.259 e. The van der Waals surface area contributed by atoms with Crippen molar-refractivity contribution in [1.82, 2.24) is 15.4 Å². The number of rotatable bonds is 2. The number of nitrogens with one attached hydrogen (secondary N) is 1. The maximum atomic E-state index is 12.9. The number of benzene rings is 1. The Kier molecular flexibility index (Phi) is 4.08. The number of likely N-dealkylation sites (tertiary alicyclic amines) is 1. The van der Waals surface area contributed by atoms with Crippen molar-refractivity contribution in [3.05, 3.63) is 42.2 Å². The molecule has 126 valence electrons. The summed E-state index contributed by atoms with van der Waals surface area (Å²) in [6.45, 7) is 3.92. The molecule has 2 saturated heterocycles. The van der Waals surface area contributed by atoms with E-state index in [4.69, 9.17) is 9.26 Å². The maximum Gasteiger partial charge on any atom is 0.259 e. The first-order chi connectivity index (χ1) is 11.8. The first kappa shape index (κ1) is 15.4. The summed E-state index contributed by atoms with van der Waals surface area (Å²) in [6, 6.07) is 9.66. The average Bonchev–Trinajstić information content (AvgIpc) is 3.13. The number of carbonyl (C=O) groups is 1. The van der Waals surface area contributed by atoms with Crippen LogP contribution >= 0.6 is 0 Å². The molecule has 0 atom stereocenters. The second-order valence-electron chi connectivity index (χ2n) is 6.44. The molecule has 0 bridgehead atoms. The van der Waals surface area contributed by atoms with Crippen LogP contribution in [0.1, 0.15) is 23.2 Å². The zero-order valence-electron chi connectivity index (χ0n) is 13.5. The molecular weight excluding hydrogens is 306 g/mol. The molecule has 0 radical (unpaired) electrons. The van der Waals surface area contributed by atoms with Crippen molar-refractivity contribution in [2.45, 2.75) is 18.4 Å². The molecule has 24 heavy (non-hydrogen) atoms. The van der Waals surface area contributed by atoms with Gasteiger partial charge < -0.3 is 19.5 Å². The molecule has 1 aromatic heterocycles. The third kappa shape index (κ3) is 2.83. The predicted molar refractivity (Wildman–Crippen MR) is 88.6 cm³/mol. The summed E-state index contributed by atoms with van der Waals surface area (Å²) in [5.74, 6) is -0.0197. The Labute approximate surface area is 140 Å². The van der Waals surface area contributed by atoms with Gasteiger partial charge in [0.1, 0.15) is 17.5 Å². The second-order valence-corrected chi connectivity index (χ2v) is 6.44. The van der Waals surface area contributed by atoms with E-state index in [9.17, 15) is 4.79 Å². The van der Waals surface area contributed by atoms with Gasteiger partial charge in [-0.2, -0.15) is 0 Å². The normalized spacial score (nSPS) is 20.2. The van der Waals surface area contributed by atoms with Gasteiger partial charge in [-0.1, -0.05) is 35.5 Å².